The first kappa shape index (κ1) is 16.5. The molecule has 21 heavy (non-hydrogen) atoms. The highest BCUT2D eigenvalue weighted by atomic mass is 127. The van der Waals surface area contributed by atoms with Crippen molar-refractivity contribution >= 4 is 32.6 Å². The van der Waals surface area contributed by atoms with Crippen molar-refractivity contribution in [3.05, 3.63) is 65.7 Å². The average Bonchev–Trinajstić information content (AvgIpc) is 2.46. The lowest BCUT2D eigenvalue weighted by molar-refractivity contribution is 0.557. The number of hydrogen-bond acceptors (Lipinski definition) is 2. The summed E-state index contributed by atoms with van der Waals surface area (Å²) in [7, 11) is -3.52. The van der Waals surface area contributed by atoms with E-state index in [9.17, 15) is 8.42 Å². The molecule has 3 nitrogen and oxygen atoms in total. The molecule has 0 fully saturated rings. The van der Waals surface area contributed by atoms with E-state index >= 15 is 0 Å². The van der Waals surface area contributed by atoms with E-state index in [-0.39, 0.29) is 9.97 Å². The standard InChI is InChI=1S/C16H18INO2S/c1-12-8-10-15(11-9-12)21(19,20)18-16(13(2)17)14-6-4-3-5-7-14/h3-11,13,16,18H,1-2H3/t13-,16-/m0/s1. The SMILES string of the molecule is Cc1ccc(S(=O)(=O)N[C@H](c2ccccc2)[C@H](C)I)cc1. The fourth-order valence-corrected chi connectivity index (χ4v) is 4.18. The molecule has 0 radical (unpaired) electrons. The Labute approximate surface area is 140 Å². The first-order valence-corrected chi connectivity index (χ1v) is 9.41. The molecule has 0 heterocycles. The van der Waals surface area contributed by atoms with Gasteiger partial charge in [0.05, 0.1) is 10.9 Å². The third-order valence-corrected chi connectivity index (χ3v) is 5.41. The van der Waals surface area contributed by atoms with Gasteiger partial charge in [-0.05, 0) is 24.6 Å². The predicted molar refractivity (Wildman–Crippen MR) is 94.2 cm³/mol. The van der Waals surface area contributed by atoms with Gasteiger partial charge in [0, 0.05) is 3.92 Å². The minimum absolute atomic E-state index is 0.130. The van der Waals surface area contributed by atoms with Gasteiger partial charge in [-0.1, -0.05) is 77.5 Å². The second kappa shape index (κ2) is 6.89. The monoisotopic (exact) mass is 415 g/mol. The Morgan fingerprint density at radius 2 is 1.57 bits per heavy atom. The third-order valence-electron chi connectivity index (χ3n) is 3.23. The normalized spacial score (nSPS) is 14.6. The summed E-state index contributed by atoms with van der Waals surface area (Å²) in [6.07, 6.45) is 0. The van der Waals surface area contributed by atoms with E-state index in [1.54, 1.807) is 24.3 Å². The largest absolute Gasteiger partial charge is 0.241 e. The highest BCUT2D eigenvalue weighted by Crippen LogP contribution is 2.25. The maximum atomic E-state index is 12.5. The van der Waals surface area contributed by atoms with E-state index in [4.69, 9.17) is 0 Å². The van der Waals surface area contributed by atoms with Crippen LogP contribution < -0.4 is 4.72 Å². The van der Waals surface area contributed by atoms with Crippen LogP contribution in [0.15, 0.2) is 59.5 Å². The topological polar surface area (TPSA) is 46.2 Å². The number of benzene rings is 2. The van der Waals surface area contributed by atoms with Crippen molar-refractivity contribution < 1.29 is 8.42 Å². The Kier molecular flexibility index (Phi) is 5.40. The van der Waals surface area contributed by atoms with E-state index in [0.29, 0.717) is 4.90 Å². The molecule has 0 aliphatic rings. The van der Waals surface area contributed by atoms with Crippen LogP contribution in [0.4, 0.5) is 0 Å². The van der Waals surface area contributed by atoms with Crippen molar-refractivity contribution in [3.63, 3.8) is 0 Å². The summed E-state index contributed by atoms with van der Waals surface area (Å²) in [6.45, 7) is 3.93. The number of alkyl halides is 1. The molecule has 0 bridgehead atoms. The van der Waals surface area contributed by atoms with Crippen molar-refractivity contribution in [2.45, 2.75) is 28.7 Å². The molecule has 0 aromatic heterocycles. The van der Waals surface area contributed by atoms with Gasteiger partial charge in [-0.15, -0.1) is 0 Å². The summed E-state index contributed by atoms with van der Waals surface area (Å²) in [5.74, 6) is 0. The second-order valence-electron chi connectivity index (χ2n) is 5.00. The van der Waals surface area contributed by atoms with Gasteiger partial charge < -0.3 is 0 Å². The Balaban J connectivity index is 2.30. The highest BCUT2D eigenvalue weighted by Gasteiger charge is 2.24. The van der Waals surface area contributed by atoms with E-state index in [2.05, 4.69) is 27.3 Å². The quantitative estimate of drug-likeness (QED) is 0.596. The first-order chi connectivity index (χ1) is 9.90. The molecule has 0 unspecified atom stereocenters. The number of halogens is 1. The molecule has 2 aromatic carbocycles. The lowest BCUT2D eigenvalue weighted by Gasteiger charge is -2.21. The smallest absolute Gasteiger partial charge is 0.207 e. The summed E-state index contributed by atoms with van der Waals surface area (Å²) in [4.78, 5) is 0.297. The molecular formula is C16H18INO2S. The van der Waals surface area contributed by atoms with Crippen molar-refractivity contribution in [3.8, 4) is 0 Å². The number of aryl methyl sites for hydroxylation is 1. The fourth-order valence-electron chi connectivity index (χ4n) is 2.04. The van der Waals surface area contributed by atoms with Crippen LogP contribution in [0.5, 0.6) is 0 Å². The van der Waals surface area contributed by atoms with Crippen molar-refractivity contribution in [2.24, 2.45) is 0 Å². The number of rotatable bonds is 5. The molecule has 0 saturated carbocycles. The van der Waals surface area contributed by atoms with Crippen molar-refractivity contribution in [1.29, 1.82) is 0 Å². The van der Waals surface area contributed by atoms with Crippen LogP contribution >= 0.6 is 22.6 Å². The van der Waals surface area contributed by atoms with Crippen LogP contribution in [0.25, 0.3) is 0 Å². The Morgan fingerprint density at radius 3 is 2.10 bits per heavy atom. The van der Waals surface area contributed by atoms with E-state index < -0.39 is 10.0 Å². The minimum atomic E-state index is -3.52. The maximum absolute atomic E-state index is 12.5. The number of sulfonamides is 1. The van der Waals surface area contributed by atoms with E-state index in [0.717, 1.165) is 11.1 Å². The molecule has 2 rings (SSSR count). The van der Waals surface area contributed by atoms with E-state index in [1.165, 1.54) is 0 Å². The fraction of sp³-hybridized carbons (Fsp3) is 0.250. The van der Waals surface area contributed by atoms with Crippen LogP contribution in [-0.4, -0.2) is 12.3 Å². The summed E-state index contributed by atoms with van der Waals surface area (Å²) in [6, 6.07) is 16.3. The highest BCUT2D eigenvalue weighted by molar-refractivity contribution is 14.1. The second-order valence-corrected chi connectivity index (χ2v) is 8.68. The Morgan fingerprint density at radius 1 is 1.00 bits per heavy atom. The van der Waals surface area contributed by atoms with Gasteiger partial charge >= 0.3 is 0 Å². The third kappa shape index (κ3) is 4.28. The van der Waals surface area contributed by atoms with Gasteiger partial charge in [0.15, 0.2) is 0 Å². The molecule has 0 saturated heterocycles. The van der Waals surface area contributed by atoms with Crippen LogP contribution in [0.1, 0.15) is 24.1 Å². The van der Waals surface area contributed by atoms with Crippen LogP contribution in [0, 0.1) is 6.92 Å². The predicted octanol–water partition coefficient (Wildman–Crippen LogP) is 3.84. The molecule has 2 aromatic rings. The van der Waals surface area contributed by atoms with Gasteiger partial charge in [0.1, 0.15) is 0 Å². The van der Waals surface area contributed by atoms with Gasteiger partial charge in [-0.3, -0.25) is 0 Å². The van der Waals surface area contributed by atoms with Gasteiger partial charge in [-0.2, -0.15) is 0 Å². The number of nitrogens with one attached hydrogen (secondary N) is 1. The lowest BCUT2D eigenvalue weighted by atomic mass is 10.1. The maximum Gasteiger partial charge on any atom is 0.241 e. The van der Waals surface area contributed by atoms with Crippen LogP contribution in [0.2, 0.25) is 0 Å². The zero-order valence-electron chi connectivity index (χ0n) is 12.0. The molecule has 0 spiro atoms. The average molecular weight is 415 g/mol. The summed E-state index contributed by atoms with van der Waals surface area (Å²) in [5, 5.41) is 0. The summed E-state index contributed by atoms with van der Waals surface area (Å²) < 4.78 is 28.0. The zero-order valence-corrected chi connectivity index (χ0v) is 14.9. The summed E-state index contributed by atoms with van der Waals surface area (Å²) in [5.41, 5.74) is 2.01. The molecule has 5 heteroatoms. The van der Waals surface area contributed by atoms with Gasteiger partial charge in [-0.25, -0.2) is 13.1 Å². The Hall–Kier alpha value is -0.920. The molecule has 1 N–H and O–H groups in total. The zero-order chi connectivity index (χ0) is 15.5. The van der Waals surface area contributed by atoms with Crippen molar-refractivity contribution in [2.75, 3.05) is 0 Å². The summed E-state index contributed by atoms with van der Waals surface area (Å²) >= 11 is 2.25. The molecular weight excluding hydrogens is 397 g/mol. The minimum Gasteiger partial charge on any atom is -0.207 e. The van der Waals surface area contributed by atoms with Gasteiger partial charge in [0.25, 0.3) is 0 Å². The van der Waals surface area contributed by atoms with Gasteiger partial charge in [0.2, 0.25) is 10.0 Å². The van der Waals surface area contributed by atoms with Crippen LogP contribution in [-0.2, 0) is 10.0 Å². The molecule has 0 aliphatic carbocycles. The lowest BCUT2D eigenvalue weighted by Crippen LogP contribution is -2.32. The first-order valence-electron chi connectivity index (χ1n) is 6.68. The van der Waals surface area contributed by atoms with E-state index in [1.807, 2.05) is 44.2 Å². The molecule has 112 valence electrons. The van der Waals surface area contributed by atoms with Crippen LogP contribution in [0.3, 0.4) is 0 Å². The molecule has 2 atom stereocenters. The molecule has 0 amide bonds. The number of hydrogen-bond donors (Lipinski definition) is 1. The Bertz CT molecular complexity index is 682. The van der Waals surface area contributed by atoms with Crippen molar-refractivity contribution in [1.82, 2.24) is 4.72 Å². The molecule has 0 aliphatic heterocycles.